The minimum Gasteiger partial charge on any atom is -0.338 e. The summed E-state index contributed by atoms with van der Waals surface area (Å²) in [6.07, 6.45) is 0. The first-order valence-electron chi connectivity index (χ1n) is 13.3. The van der Waals surface area contributed by atoms with Crippen LogP contribution in [0.2, 0.25) is 0 Å². The van der Waals surface area contributed by atoms with Gasteiger partial charge in [0.25, 0.3) is 11.1 Å². The fraction of sp³-hybridized carbons (Fsp3) is 0.0625. The molecular weight excluding hydrogens is 546 g/mol. The van der Waals surface area contributed by atoms with Gasteiger partial charge in [0.1, 0.15) is 10.7 Å². The summed E-state index contributed by atoms with van der Waals surface area (Å²) < 4.78 is 5.22. The average Bonchev–Trinajstić information content (AvgIpc) is 3.68. The van der Waals surface area contributed by atoms with Crippen LogP contribution in [-0.4, -0.2) is 28.9 Å². The van der Waals surface area contributed by atoms with Crippen molar-refractivity contribution >= 4 is 28.5 Å². The molecule has 4 aromatic heterocycles. The van der Waals surface area contributed by atoms with Gasteiger partial charge in [-0.2, -0.15) is 0 Å². The molecule has 7 rings (SSSR count). The molecule has 3 aromatic carbocycles. The van der Waals surface area contributed by atoms with Crippen molar-refractivity contribution in [3.8, 4) is 38.8 Å². The van der Waals surface area contributed by atoms with Gasteiger partial charge in [0.15, 0.2) is 5.82 Å². The number of para-hydroxylation sites is 2. The standard InChI is InChI=1S/C32H25N7O2S/c1-20-27(32(41)39(37(20)2)23-16-10-5-11-17-23)24-19-42-31(34-24)28-29(33-22-14-8-4-9-15-22)36-38-25(18-26(40)35-30(28)38)21-12-6-3-7-13-21/h3-19H,1-2H3,(H,33,36)(H,35,40). The van der Waals surface area contributed by atoms with Gasteiger partial charge in [0, 0.05) is 35.4 Å². The zero-order valence-electron chi connectivity index (χ0n) is 22.8. The number of nitrogens with one attached hydrogen (secondary N) is 2. The fourth-order valence-electron chi connectivity index (χ4n) is 5.18. The van der Waals surface area contributed by atoms with Gasteiger partial charge in [-0.1, -0.05) is 66.7 Å². The smallest absolute Gasteiger partial charge is 0.281 e. The van der Waals surface area contributed by atoms with Gasteiger partial charge >= 0.3 is 0 Å². The van der Waals surface area contributed by atoms with Crippen LogP contribution in [-0.2, 0) is 7.05 Å². The van der Waals surface area contributed by atoms with Crippen molar-refractivity contribution in [2.45, 2.75) is 6.92 Å². The van der Waals surface area contributed by atoms with E-state index in [9.17, 15) is 9.59 Å². The number of benzene rings is 3. The minimum atomic E-state index is -0.254. The second-order valence-corrected chi connectivity index (χ2v) is 10.7. The van der Waals surface area contributed by atoms with E-state index in [0.717, 1.165) is 22.6 Å². The third kappa shape index (κ3) is 4.25. The predicted octanol–water partition coefficient (Wildman–Crippen LogP) is 6.02. The molecular formula is C32H25N7O2S. The number of hydrogen-bond donors (Lipinski definition) is 2. The van der Waals surface area contributed by atoms with E-state index >= 15 is 0 Å². The Kier molecular flexibility index (Phi) is 6.17. The number of thiazole rings is 1. The molecule has 0 radical (unpaired) electrons. The number of fused-ring (bicyclic) bond motifs is 1. The Bertz CT molecular complexity index is 2170. The minimum absolute atomic E-state index is 0.152. The second kappa shape index (κ2) is 10.2. The third-order valence-electron chi connectivity index (χ3n) is 7.26. The van der Waals surface area contributed by atoms with Crippen LogP contribution in [0.25, 0.3) is 44.4 Å². The summed E-state index contributed by atoms with van der Waals surface area (Å²) in [6, 6.07) is 30.4. The average molecular weight is 572 g/mol. The van der Waals surface area contributed by atoms with E-state index in [2.05, 4.69) is 10.3 Å². The maximum atomic E-state index is 13.7. The molecule has 0 aliphatic heterocycles. The molecule has 10 heteroatoms. The normalized spacial score (nSPS) is 11.3. The molecule has 0 fully saturated rings. The molecule has 2 N–H and O–H groups in total. The number of anilines is 2. The first-order valence-corrected chi connectivity index (χ1v) is 14.2. The topological polar surface area (TPSA) is 102 Å². The highest BCUT2D eigenvalue weighted by Gasteiger charge is 2.24. The van der Waals surface area contributed by atoms with Crippen LogP contribution in [0.15, 0.2) is 112 Å². The Balaban J connectivity index is 1.43. The highest BCUT2D eigenvalue weighted by Crippen LogP contribution is 2.38. The highest BCUT2D eigenvalue weighted by molar-refractivity contribution is 7.13. The van der Waals surface area contributed by atoms with Crippen LogP contribution < -0.4 is 16.4 Å². The summed E-state index contributed by atoms with van der Waals surface area (Å²) in [4.78, 5) is 34.6. The van der Waals surface area contributed by atoms with Crippen LogP contribution in [0.3, 0.4) is 0 Å². The van der Waals surface area contributed by atoms with Gasteiger partial charge in [-0.15, -0.1) is 16.4 Å². The molecule has 0 amide bonds. The summed E-state index contributed by atoms with van der Waals surface area (Å²) in [5.74, 6) is 0.535. The van der Waals surface area contributed by atoms with Crippen molar-refractivity contribution in [3.63, 3.8) is 0 Å². The van der Waals surface area contributed by atoms with Crippen LogP contribution >= 0.6 is 11.3 Å². The number of aromatic amines is 1. The Hall–Kier alpha value is -5.48. The van der Waals surface area contributed by atoms with Crippen LogP contribution in [0, 0.1) is 6.92 Å². The van der Waals surface area contributed by atoms with Crippen molar-refractivity contribution in [2.24, 2.45) is 7.05 Å². The number of nitrogens with zero attached hydrogens (tertiary/aromatic N) is 5. The summed E-state index contributed by atoms with van der Waals surface area (Å²) in [7, 11) is 1.86. The predicted molar refractivity (Wildman–Crippen MR) is 167 cm³/mol. The monoisotopic (exact) mass is 571 g/mol. The third-order valence-corrected chi connectivity index (χ3v) is 8.12. The molecule has 0 unspecified atom stereocenters. The van der Waals surface area contributed by atoms with E-state index in [0.29, 0.717) is 39.0 Å². The van der Waals surface area contributed by atoms with E-state index in [-0.39, 0.29) is 11.1 Å². The Morgan fingerprint density at radius 3 is 2.24 bits per heavy atom. The van der Waals surface area contributed by atoms with Crippen molar-refractivity contribution in [1.82, 2.24) is 28.9 Å². The maximum absolute atomic E-state index is 13.7. The lowest BCUT2D eigenvalue weighted by molar-refractivity contribution is 0.630. The largest absolute Gasteiger partial charge is 0.338 e. The molecule has 0 atom stereocenters. The summed E-state index contributed by atoms with van der Waals surface area (Å²) in [6.45, 7) is 1.91. The van der Waals surface area contributed by atoms with E-state index < -0.39 is 0 Å². The van der Waals surface area contributed by atoms with Crippen LogP contribution in [0.5, 0.6) is 0 Å². The van der Waals surface area contributed by atoms with Gasteiger partial charge in [0.05, 0.1) is 28.2 Å². The van der Waals surface area contributed by atoms with Crippen molar-refractivity contribution in [3.05, 3.63) is 129 Å². The highest BCUT2D eigenvalue weighted by atomic mass is 32.1. The first kappa shape index (κ1) is 25.5. The Morgan fingerprint density at radius 1 is 0.857 bits per heavy atom. The Morgan fingerprint density at radius 2 is 1.52 bits per heavy atom. The molecule has 0 bridgehead atoms. The molecule has 42 heavy (non-hydrogen) atoms. The lowest BCUT2D eigenvalue weighted by Crippen LogP contribution is -2.20. The molecule has 206 valence electrons. The molecule has 0 aliphatic rings. The first-order chi connectivity index (χ1) is 20.5. The van der Waals surface area contributed by atoms with Crippen molar-refractivity contribution in [2.75, 3.05) is 5.32 Å². The van der Waals surface area contributed by atoms with Gasteiger partial charge in [-0.05, 0) is 31.2 Å². The van der Waals surface area contributed by atoms with E-state index in [1.165, 1.54) is 17.4 Å². The number of hydrogen-bond acceptors (Lipinski definition) is 6. The van der Waals surface area contributed by atoms with Crippen molar-refractivity contribution < 1.29 is 0 Å². The van der Waals surface area contributed by atoms with Gasteiger partial charge in [-0.25, -0.2) is 14.2 Å². The van der Waals surface area contributed by atoms with E-state index in [1.54, 1.807) is 9.20 Å². The maximum Gasteiger partial charge on any atom is 0.281 e. The number of rotatable bonds is 6. The lowest BCUT2D eigenvalue weighted by Gasteiger charge is -2.07. The van der Waals surface area contributed by atoms with E-state index in [1.807, 2.05) is 115 Å². The molecule has 0 saturated heterocycles. The molecule has 0 spiro atoms. The summed E-state index contributed by atoms with van der Waals surface area (Å²) in [5, 5.41) is 10.8. The van der Waals surface area contributed by atoms with Crippen LogP contribution in [0.1, 0.15) is 5.69 Å². The van der Waals surface area contributed by atoms with Crippen LogP contribution in [0.4, 0.5) is 11.5 Å². The zero-order valence-corrected chi connectivity index (χ0v) is 23.6. The summed E-state index contributed by atoms with van der Waals surface area (Å²) >= 11 is 1.39. The fourth-order valence-corrected chi connectivity index (χ4v) is 6.03. The SMILES string of the molecule is Cc1c(-c2csc(-c3c(Nc4ccccc4)nn4c(-c5ccccc5)cc(=O)[nH]c34)n2)c(=O)n(-c2ccccc2)n1C. The van der Waals surface area contributed by atoms with Gasteiger partial charge < -0.3 is 10.3 Å². The lowest BCUT2D eigenvalue weighted by atomic mass is 10.1. The molecule has 0 saturated carbocycles. The summed E-state index contributed by atoms with van der Waals surface area (Å²) in [5.41, 5.74) is 5.75. The quantitative estimate of drug-likeness (QED) is 0.254. The Labute approximate surface area is 244 Å². The zero-order chi connectivity index (χ0) is 28.8. The van der Waals surface area contributed by atoms with Gasteiger partial charge in [-0.3, -0.25) is 14.3 Å². The molecule has 4 heterocycles. The molecule has 0 aliphatic carbocycles. The second-order valence-electron chi connectivity index (χ2n) is 9.83. The number of H-pyrrole nitrogens is 1. The molecule has 7 aromatic rings. The molecule has 9 nitrogen and oxygen atoms in total. The number of aromatic nitrogens is 6. The van der Waals surface area contributed by atoms with Crippen molar-refractivity contribution in [1.29, 1.82) is 0 Å². The van der Waals surface area contributed by atoms with E-state index in [4.69, 9.17) is 10.1 Å². The van der Waals surface area contributed by atoms with Gasteiger partial charge in [0.2, 0.25) is 0 Å².